The highest BCUT2D eigenvalue weighted by atomic mass is 19.4. The molecule has 0 saturated carbocycles. The summed E-state index contributed by atoms with van der Waals surface area (Å²) in [6.07, 6.45) is -29.9. The fraction of sp³-hybridized carbons (Fsp3) is 0.800. The van der Waals surface area contributed by atoms with Gasteiger partial charge in [0.15, 0.2) is 0 Å². The van der Waals surface area contributed by atoms with E-state index >= 15 is 0 Å². The van der Waals surface area contributed by atoms with Gasteiger partial charge < -0.3 is 9.84 Å². The maximum atomic E-state index is 13.7. The van der Waals surface area contributed by atoms with Crippen LogP contribution in [0.5, 0.6) is 0 Å². The number of methoxy groups -OCH3 is 1. The molecule has 2 atom stereocenters. The Morgan fingerprint density at radius 3 is 1.33 bits per heavy atom. The van der Waals surface area contributed by atoms with Crippen molar-refractivity contribution in [3.63, 3.8) is 0 Å². The van der Waals surface area contributed by atoms with Crippen molar-refractivity contribution in [1.29, 1.82) is 0 Å². The summed E-state index contributed by atoms with van der Waals surface area (Å²) in [4.78, 5) is 20.6. The third-order valence-electron chi connectivity index (χ3n) is 2.72. The van der Waals surface area contributed by atoms with Gasteiger partial charge in [-0.15, -0.1) is 0 Å². The molecule has 0 spiro atoms. The molecular weight excluding hydrogens is 482 g/mol. The largest absolute Gasteiger partial charge is 0.477 e. The van der Waals surface area contributed by atoms with E-state index in [9.17, 15) is 71.1 Å². The minimum atomic E-state index is -7.78. The van der Waals surface area contributed by atoms with Gasteiger partial charge in [-0.25, -0.2) is 9.59 Å². The van der Waals surface area contributed by atoms with E-state index in [1.807, 2.05) is 0 Å². The zero-order valence-electron chi connectivity index (χ0n) is 13.3. The summed E-state index contributed by atoms with van der Waals surface area (Å²) in [5.41, 5.74) is 0. The fourth-order valence-corrected chi connectivity index (χ4v) is 1.24. The molecule has 30 heavy (non-hydrogen) atoms. The maximum absolute atomic E-state index is 13.7. The van der Waals surface area contributed by atoms with Gasteiger partial charge in [0.05, 0.1) is 7.11 Å². The van der Waals surface area contributed by atoms with Gasteiger partial charge in [-0.3, -0.25) is 9.47 Å². The van der Waals surface area contributed by atoms with Crippen LogP contribution in [-0.2, 0) is 23.8 Å². The van der Waals surface area contributed by atoms with E-state index in [0.717, 1.165) is 0 Å². The molecule has 0 aliphatic carbocycles. The smallest absolute Gasteiger partial charge is 0.460 e. The zero-order valence-corrected chi connectivity index (χ0v) is 13.3. The van der Waals surface area contributed by atoms with E-state index < -0.39 is 54.1 Å². The molecule has 0 saturated heterocycles. The third-order valence-corrected chi connectivity index (χ3v) is 2.72. The molecule has 0 fully saturated rings. The summed E-state index contributed by atoms with van der Waals surface area (Å²) in [5.74, 6) is -29.0. The number of hydrogen-bond donors (Lipinski definition) is 1. The third kappa shape index (κ3) is 4.47. The van der Waals surface area contributed by atoms with Crippen molar-refractivity contribution in [2.24, 2.45) is 0 Å². The van der Waals surface area contributed by atoms with Crippen LogP contribution in [0.2, 0.25) is 0 Å². The molecule has 178 valence electrons. The average molecular weight is 486 g/mol. The van der Waals surface area contributed by atoms with Crippen LogP contribution in [0.25, 0.3) is 0 Å². The Morgan fingerprint density at radius 2 is 1.07 bits per heavy atom. The number of esters is 1. The van der Waals surface area contributed by atoms with Gasteiger partial charge in [0.1, 0.15) is 0 Å². The highest BCUT2D eigenvalue weighted by molar-refractivity contribution is 5.78. The van der Waals surface area contributed by atoms with Crippen LogP contribution in [0.4, 0.5) is 61.5 Å². The Balaban J connectivity index is 6.59. The van der Waals surface area contributed by atoms with Gasteiger partial charge in [-0.2, -0.15) is 61.5 Å². The van der Waals surface area contributed by atoms with E-state index in [2.05, 4.69) is 4.74 Å². The summed E-state index contributed by atoms with van der Waals surface area (Å²) in [6.45, 7) is 0. The van der Waals surface area contributed by atoms with Crippen molar-refractivity contribution in [3.05, 3.63) is 0 Å². The predicted octanol–water partition coefficient (Wildman–Crippen LogP) is 3.55. The minimum Gasteiger partial charge on any atom is -0.477 e. The molecule has 0 aromatic rings. The molecule has 0 heterocycles. The Bertz CT molecular complexity index is 671. The lowest BCUT2D eigenvalue weighted by Gasteiger charge is -2.39. The molecular formula is C10H4F14O6. The van der Waals surface area contributed by atoms with Crippen LogP contribution >= 0.6 is 0 Å². The first-order chi connectivity index (χ1) is 12.8. The van der Waals surface area contributed by atoms with E-state index in [-0.39, 0.29) is 7.11 Å². The van der Waals surface area contributed by atoms with Gasteiger partial charge >= 0.3 is 54.1 Å². The lowest BCUT2D eigenvalue weighted by molar-refractivity contribution is -0.536. The summed E-state index contributed by atoms with van der Waals surface area (Å²) in [5, 5.41) is 7.94. The van der Waals surface area contributed by atoms with Gasteiger partial charge in [0.2, 0.25) is 0 Å². The maximum Gasteiger partial charge on any atom is 0.460 e. The first kappa shape index (κ1) is 27.9. The summed E-state index contributed by atoms with van der Waals surface area (Å²) >= 11 is 0. The number of carboxylic acids is 1. The second-order valence-electron chi connectivity index (χ2n) is 4.79. The number of alkyl halides is 14. The number of halogens is 14. The quantitative estimate of drug-likeness (QED) is 0.418. The second-order valence-corrected chi connectivity index (χ2v) is 4.79. The van der Waals surface area contributed by atoms with Crippen molar-refractivity contribution >= 4 is 11.9 Å². The van der Waals surface area contributed by atoms with E-state index in [1.165, 1.54) is 0 Å². The van der Waals surface area contributed by atoms with Gasteiger partial charge in [0.25, 0.3) is 0 Å². The Labute approximate surface area is 153 Å². The first-order valence-corrected chi connectivity index (χ1v) is 6.21. The molecule has 6 nitrogen and oxygen atoms in total. The molecule has 0 aliphatic rings. The molecule has 0 bridgehead atoms. The second kappa shape index (κ2) is 7.54. The van der Waals surface area contributed by atoms with E-state index in [0.29, 0.717) is 0 Å². The van der Waals surface area contributed by atoms with Crippen LogP contribution in [0, 0.1) is 0 Å². The number of carbonyl (C=O) groups excluding carboxylic acids is 1. The average Bonchev–Trinajstić information content (AvgIpc) is 2.50. The summed E-state index contributed by atoms with van der Waals surface area (Å²) in [6, 6.07) is 0. The van der Waals surface area contributed by atoms with E-state index in [1.54, 1.807) is 9.47 Å². The highest BCUT2D eigenvalue weighted by Gasteiger charge is 2.84. The predicted molar refractivity (Wildman–Crippen MR) is 56.5 cm³/mol. The Kier molecular flexibility index (Phi) is 7.00. The van der Waals surface area contributed by atoms with Crippen LogP contribution in [0.1, 0.15) is 0 Å². The molecule has 0 aliphatic heterocycles. The van der Waals surface area contributed by atoms with Gasteiger partial charge in [0, 0.05) is 0 Å². The van der Waals surface area contributed by atoms with Gasteiger partial charge in [-0.1, -0.05) is 0 Å². The lowest BCUT2D eigenvalue weighted by atomic mass is 10.2. The van der Waals surface area contributed by atoms with Crippen molar-refractivity contribution < 1.29 is 90.4 Å². The molecule has 20 heteroatoms. The minimum absolute atomic E-state index is 0.0931. The number of ether oxygens (including phenoxy) is 3. The number of rotatable bonds is 8. The van der Waals surface area contributed by atoms with Crippen LogP contribution in [0.3, 0.4) is 0 Å². The lowest BCUT2D eigenvalue weighted by Crippen LogP contribution is -2.67. The zero-order chi connectivity index (χ0) is 24.8. The number of carbonyl (C=O) groups is 2. The molecule has 0 rings (SSSR count). The Morgan fingerprint density at radius 1 is 0.667 bits per heavy atom. The standard InChI is InChI=1S/C10H4F14O6/c1-28-3(27)4(11,12)9(21,22)30-6(14,8(18,19)20)10(23,24)29-5(13,2(25)26)7(15,16)17/h1H3,(H,25,26). The van der Waals surface area contributed by atoms with Crippen LogP contribution in [0.15, 0.2) is 0 Å². The summed E-state index contributed by atoms with van der Waals surface area (Å²) in [7, 11) is -0.0931. The number of aliphatic carboxylic acids is 1. The van der Waals surface area contributed by atoms with Crippen molar-refractivity contribution in [2.45, 2.75) is 42.2 Å². The molecule has 1 N–H and O–H groups in total. The van der Waals surface area contributed by atoms with Crippen molar-refractivity contribution in [1.82, 2.24) is 0 Å². The number of carboxylic acid groups (broad SMARTS) is 1. The Hall–Kier alpha value is -2.12. The van der Waals surface area contributed by atoms with Crippen molar-refractivity contribution in [2.75, 3.05) is 7.11 Å². The highest BCUT2D eigenvalue weighted by Crippen LogP contribution is 2.54. The number of hydrogen-bond acceptors (Lipinski definition) is 5. The monoisotopic (exact) mass is 486 g/mol. The SMILES string of the molecule is COC(=O)C(F)(F)C(F)(F)OC(F)(C(F)(F)F)C(F)(F)OC(F)(C(=O)O)C(F)(F)F. The van der Waals surface area contributed by atoms with Gasteiger partial charge in [-0.05, 0) is 0 Å². The van der Waals surface area contributed by atoms with Crippen LogP contribution in [-0.4, -0.2) is 66.4 Å². The summed E-state index contributed by atoms with van der Waals surface area (Å²) < 4.78 is 187. The fourth-order valence-electron chi connectivity index (χ4n) is 1.24. The first-order valence-electron chi connectivity index (χ1n) is 6.21. The van der Waals surface area contributed by atoms with E-state index in [4.69, 9.17) is 5.11 Å². The molecule has 0 radical (unpaired) electrons. The molecule has 0 aromatic carbocycles. The van der Waals surface area contributed by atoms with Crippen LogP contribution < -0.4 is 0 Å². The molecule has 0 aromatic heterocycles. The molecule has 0 amide bonds. The van der Waals surface area contributed by atoms with Crippen molar-refractivity contribution in [3.8, 4) is 0 Å². The topological polar surface area (TPSA) is 82.1 Å². The normalized spacial score (nSPS) is 18.4. The molecule has 2 unspecified atom stereocenters.